The van der Waals surface area contributed by atoms with Crippen LogP contribution in [0.1, 0.15) is 45.6 Å². The normalized spacial score (nSPS) is 15.5. The number of amides is 2. The number of nitrogens with one attached hydrogen (secondary N) is 2. The molecular formula is C19H25N3O4S. The molecule has 0 saturated carbocycles. The van der Waals surface area contributed by atoms with Gasteiger partial charge in [-0.25, -0.2) is 9.59 Å². The molecule has 8 heteroatoms. The minimum Gasteiger partial charge on any atom is -0.465 e. The number of carbonyl (C=O) groups is 2. The lowest BCUT2D eigenvalue weighted by atomic mass is 10.2. The van der Waals surface area contributed by atoms with Crippen LogP contribution >= 0.6 is 11.3 Å². The second kappa shape index (κ2) is 9.05. The van der Waals surface area contributed by atoms with E-state index in [2.05, 4.69) is 27.0 Å². The lowest BCUT2D eigenvalue weighted by molar-refractivity contribution is 0.0598. The maximum atomic E-state index is 12.2. The van der Waals surface area contributed by atoms with Crippen LogP contribution in [0.4, 0.5) is 4.79 Å². The molecule has 7 nitrogen and oxygen atoms in total. The van der Waals surface area contributed by atoms with Gasteiger partial charge in [0.1, 0.15) is 17.1 Å². The van der Waals surface area contributed by atoms with Crippen molar-refractivity contribution in [1.29, 1.82) is 0 Å². The summed E-state index contributed by atoms with van der Waals surface area (Å²) in [4.78, 5) is 27.5. The number of hydrogen-bond donors (Lipinski definition) is 2. The predicted molar refractivity (Wildman–Crippen MR) is 103 cm³/mol. The number of likely N-dealkylation sites (tertiary alicyclic amines) is 1. The number of thiophene rings is 1. The molecule has 27 heavy (non-hydrogen) atoms. The molecule has 3 heterocycles. The highest BCUT2D eigenvalue weighted by atomic mass is 32.1. The monoisotopic (exact) mass is 391 g/mol. The average molecular weight is 391 g/mol. The van der Waals surface area contributed by atoms with Crippen LogP contribution in [0, 0.1) is 6.92 Å². The van der Waals surface area contributed by atoms with E-state index in [4.69, 9.17) is 9.15 Å². The van der Waals surface area contributed by atoms with Crippen molar-refractivity contribution in [2.75, 3.05) is 26.7 Å². The van der Waals surface area contributed by atoms with E-state index in [0.717, 1.165) is 13.1 Å². The van der Waals surface area contributed by atoms with E-state index >= 15 is 0 Å². The van der Waals surface area contributed by atoms with Crippen molar-refractivity contribution in [3.8, 4) is 0 Å². The molecule has 1 aliphatic rings. The summed E-state index contributed by atoms with van der Waals surface area (Å²) in [5.74, 6) is 0.541. The first-order valence-electron chi connectivity index (χ1n) is 9.05. The third kappa shape index (κ3) is 4.90. The van der Waals surface area contributed by atoms with Crippen molar-refractivity contribution in [3.63, 3.8) is 0 Å². The van der Waals surface area contributed by atoms with E-state index in [0.29, 0.717) is 23.6 Å². The smallest absolute Gasteiger partial charge is 0.341 e. The highest BCUT2D eigenvalue weighted by molar-refractivity contribution is 7.10. The molecule has 2 aromatic heterocycles. The Bertz CT molecular complexity index is 766. The summed E-state index contributed by atoms with van der Waals surface area (Å²) < 4.78 is 10.2. The van der Waals surface area contributed by atoms with E-state index in [-0.39, 0.29) is 18.6 Å². The molecule has 0 aromatic carbocycles. The highest BCUT2D eigenvalue weighted by Gasteiger charge is 2.24. The van der Waals surface area contributed by atoms with Gasteiger partial charge in [-0.05, 0) is 50.4 Å². The zero-order valence-corrected chi connectivity index (χ0v) is 16.4. The number of esters is 1. The van der Waals surface area contributed by atoms with Gasteiger partial charge in [0.05, 0.1) is 19.7 Å². The van der Waals surface area contributed by atoms with Gasteiger partial charge in [0.15, 0.2) is 0 Å². The Hall–Kier alpha value is -2.32. The first-order chi connectivity index (χ1) is 13.1. The highest BCUT2D eigenvalue weighted by Crippen LogP contribution is 2.27. The number of urea groups is 1. The molecule has 0 radical (unpaired) electrons. The lowest BCUT2D eigenvalue weighted by Gasteiger charge is -2.26. The minimum atomic E-state index is -0.448. The maximum Gasteiger partial charge on any atom is 0.341 e. The van der Waals surface area contributed by atoms with Crippen LogP contribution in [-0.4, -0.2) is 43.6 Å². The Labute approximate surface area is 162 Å². The number of rotatable bonds is 7. The molecule has 146 valence electrons. The van der Waals surface area contributed by atoms with Gasteiger partial charge in [0.25, 0.3) is 0 Å². The summed E-state index contributed by atoms with van der Waals surface area (Å²) >= 11 is 1.72. The van der Waals surface area contributed by atoms with Crippen molar-refractivity contribution in [1.82, 2.24) is 15.5 Å². The number of methoxy groups -OCH3 is 1. The molecule has 3 rings (SSSR count). The van der Waals surface area contributed by atoms with E-state index < -0.39 is 5.97 Å². The Morgan fingerprint density at radius 1 is 1.33 bits per heavy atom. The van der Waals surface area contributed by atoms with Gasteiger partial charge in [-0.15, -0.1) is 11.3 Å². The minimum absolute atomic E-state index is 0.204. The van der Waals surface area contributed by atoms with Gasteiger partial charge >= 0.3 is 12.0 Å². The summed E-state index contributed by atoms with van der Waals surface area (Å²) in [6, 6.07) is 5.70. The van der Waals surface area contributed by atoms with Gasteiger partial charge in [-0.3, -0.25) is 4.90 Å². The first kappa shape index (κ1) is 19.4. The maximum absolute atomic E-state index is 12.2. The number of furan rings is 1. The Kier molecular flexibility index (Phi) is 6.52. The summed E-state index contributed by atoms with van der Waals surface area (Å²) in [6.07, 6.45) is 2.41. The fraction of sp³-hybridized carbons (Fsp3) is 0.474. The molecule has 1 aliphatic heterocycles. The summed E-state index contributed by atoms with van der Waals surface area (Å²) in [5.41, 5.74) is 0.376. The first-order valence-corrected chi connectivity index (χ1v) is 9.93. The van der Waals surface area contributed by atoms with E-state index in [1.807, 2.05) is 6.07 Å². The van der Waals surface area contributed by atoms with E-state index in [1.165, 1.54) is 24.8 Å². The number of hydrogen-bond acceptors (Lipinski definition) is 6. The summed E-state index contributed by atoms with van der Waals surface area (Å²) in [6.45, 7) is 4.58. The SMILES string of the molecule is COC(=O)c1cc(CNC(=O)NCC(c2cccs2)N2CCCC2)oc1C. The molecule has 0 aliphatic carbocycles. The molecule has 2 N–H and O–H groups in total. The number of nitrogens with zero attached hydrogens (tertiary/aromatic N) is 1. The lowest BCUT2D eigenvalue weighted by Crippen LogP contribution is -2.41. The zero-order valence-electron chi connectivity index (χ0n) is 15.6. The Morgan fingerprint density at radius 2 is 2.11 bits per heavy atom. The Morgan fingerprint density at radius 3 is 2.78 bits per heavy atom. The molecule has 1 saturated heterocycles. The zero-order chi connectivity index (χ0) is 19.2. The second-order valence-electron chi connectivity index (χ2n) is 6.51. The van der Waals surface area contributed by atoms with Gasteiger partial charge in [-0.1, -0.05) is 6.07 Å². The fourth-order valence-corrected chi connectivity index (χ4v) is 4.17. The standard InChI is InChI=1S/C19H25N3O4S/c1-13-15(18(23)25-2)10-14(26-13)11-20-19(24)21-12-16(17-6-5-9-27-17)22-7-3-4-8-22/h5-6,9-10,16H,3-4,7-8,11-12H2,1-2H3,(H2,20,21,24). The second-order valence-corrected chi connectivity index (χ2v) is 7.49. The summed E-state index contributed by atoms with van der Waals surface area (Å²) in [5, 5.41) is 7.80. The van der Waals surface area contributed by atoms with Crippen molar-refractivity contribution in [3.05, 3.63) is 45.5 Å². The van der Waals surface area contributed by atoms with Crippen molar-refractivity contribution >= 4 is 23.3 Å². The van der Waals surface area contributed by atoms with Gasteiger partial charge in [-0.2, -0.15) is 0 Å². The third-order valence-electron chi connectivity index (χ3n) is 4.71. The van der Waals surface area contributed by atoms with Crippen molar-refractivity contribution < 1.29 is 18.7 Å². The predicted octanol–water partition coefficient (Wildman–Crippen LogP) is 3.07. The van der Waals surface area contributed by atoms with Gasteiger partial charge < -0.3 is 19.8 Å². The molecule has 2 aromatic rings. The van der Waals surface area contributed by atoms with E-state index in [1.54, 1.807) is 24.3 Å². The fourth-order valence-electron chi connectivity index (χ4n) is 3.31. The van der Waals surface area contributed by atoms with Crippen LogP contribution in [0.15, 0.2) is 28.0 Å². The van der Waals surface area contributed by atoms with Crippen LogP contribution in [0.2, 0.25) is 0 Å². The molecule has 1 atom stereocenters. The van der Waals surface area contributed by atoms with Crippen molar-refractivity contribution in [2.24, 2.45) is 0 Å². The molecule has 0 spiro atoms. The van der Waals surface area contributed by atoms with Crippen LogP contribution in [-0.2, 0) is 11.3 Å². The van der Waals surface area contributed by atoms with Crippen molar-refractivity contribution in [2.45, 2.75) is 32.4 Å². The number of carbonyl (C=O) groups excluding carboxylic acids is 2. The topological polar surface area (TPSA) is 83.8 Å². The van der Waals surface area contributed by atoms with E-state index in [9.17, 15) is 9.59 Å². The molecule has 2 amide bonds. The number of aryl methyl sites for hydroxylation is 1. The van der Waals surface area contributed by atoms with Crippen LogP contribution < -0.4 is 10.6 Å². The third-order valence-corrected chi connectivity index (χ3v) is 5.68. The molecular weight excluding hydrogens is 366 g/mol. The molecule has 1 unspecified atom stereocenters. The number of ether oxygens (including phenoxy) is 1. The Balaban J connectivity index is 1.52. The van der Waals surface area contributed by atoms with Crippen LogP contribution in [0.3, 0.4) is 0 Å². The van der Waals surface area contributed by atoms with Gasteiger partial charge in [0, 0.05) is 11.4 Å². The quantitative estimate of drug-likeness (QED) is 0.709. The van der Waals surface area contributed by atoms with Crippen LogP contribution in [0.5, 0.6) is 0 Å². The average Bonchev–Trinajstić information content (AvgIpc) is 3.42. The molecule has 0 bridgehead atoms. The molecule has 1 fully saturated rings. The largest absolute Gasteiger partial charge is 0.465 e. The summed E-state index contributed by atoms with van der Waals surface area (Å²) in [7, 11) is 1.32. The van der Waals surface area contributed by atoms with Gasteiger partial charge in [0.2, 0.25) is 0 Å². The van der Waals surface area contributed by atoms with Crippen LogP contribution in [0.25, 0.3) is 0 Å².